The number of rotatable bonds is 14. The Morgan fingerprint density at radius 3 is 2.45 bits per heavy atom. The molecule has 0 heterocycles. The fourth-order valence-corrected chi connectivity index (χ4v) is 5.26. The standard InChI is InChI=1S/C27H51O3P/c1-19(12-8-16-27(6,30)17-9-13-21(3)28)10-7-11-20(2)14-15-24-18-25(29)22(4)23(5)26(24)31/h12,18,20-23,25-26,28-30H,7-11,13-17,31H2,1-6H3/b19-12+. The molecule has 0 fully saturated rings. The van der Waals surface area contributed by atoms with Crippen LogP contribution in [0.2, 0.25) is 0 Å². The molecule has 0 radical (unpaired) electrons. The zero-order valence-corrected chi connectivity index (χ0v) is 22.3. The number of hydrogen-bond donors (Lipinski definition) is 3. The SMILES string of the molecule is C/C(=C\CCC(C)(O)CCCC(C)O)CCCC(C)CCC1=CC(O)C(C)C(C)C1P. The van der Waals surface area contributed by atoms with Gasteiger partial charge in [0.05, 0.1) is 17.8 Å². The molecule has 3 N–H and O–H groups in total. The second kappa shape index (κ2) is 14.1. The molecule has 31 heavy (non-hydrogen) atoms. The third-order valence-corrected chi connectivity index (χ3v) is 8.49. The van der Waals surface area contributed by atoms with Gasteiger partial charge in [0, 0.05) is 0 Å². The maximum Gasteiger partial charge on any atom is 0.0752 e. The van der Waals surface area contributed by atoms with Gasteiger partial charge in [0.2, 0.25) is 0 Å². The van der Waals surface area contributed by atoms with Crippen LogP contribution < -0.4 is 0 Å². The first-order valence-electron chi connectivity index (χ1n) is 12.6. The Labute approximate surface area is 195 Å². The Morgan fingerprint density at radius 2 is 1.81 bits per heavy atom. The highest BCUT2D eigenvalue weighted by molar-refractivity contribution is 7.18. The van der Waals surface area contributed by atoms with Gasteiger partial charge in [-0.25, -0.2) is 0 Å². The average molecular weight is 455 g/mol. The molecule has 0 aromatic carbocycles. The summed E-state index contributed by atoms with van der Waals surface area (Å²) in [5.41, 5.74) is 2.72. The Balaban J connectivity index is 2.26. The highest BCUT2D eigenvalue weighted by Crippen LogP contribution is 2.37. The summed E-state index contributed by atoms with van der Waals surface area (Å²) in [5, 5.41) is 30.1. The number of aliphatic hydroxyl groups excluding tert-OH is 2. The van der Waals surface area contributed by atoms with Crippen molar-refractivity contribution >= 4 is 9.24 Å². The van der Waals surface area contributed by atoms with Crippen LogP contribution in [0.15, 0.2) is 23.3 Å². The predicted molar refractivity (Wildman–Crippen MR) is 137 cm³/mol. The van der Waals surface area contributed by atoms with Crippen molar-refractivity contribution in [1.29, 1.82) is 0 Å². The molecule has 8 atom stereocenters. The van der Waals surface area contributed by atoms with Crippen LogP contribution in [0.1, 0.15) is 106 Å². The van der Waals surface area contributed by atoms with E-state index in [1.807, 2.05) is 6.92 Å². The van der Waals surface area contributed by atoms with Gasteiger partial charge in [0.25, 0.3) is 0 Å². The second-order valence-electron chi connectivity index (χ2n) is 10.8. The molecule has 1 aliphatic rings. The zero-order chi connectivity index (χ0) is 23.6. The monoisotopic (exact) mass is 454 g/mol. The Bertz CT molecular complexity index is 567. The molecule has 4 heteroatoms. The summed E-state index contributed by atoms with van der Waals surface area (Å²) in [4.78, 5) is 0. The first-order valence-corrected chi connectivity index (χ1v) is 13.3. The molecule has 0 saturated carbocycles. The minimum absolute atomic E-state index is 0.277. The van der Waals surface area contributed by atoms with Crippen LogP contribution in [0.5, 0.6) is 0 Å². The Hall–Kier alpha value is -0.210. The van der Waals surface area contributed by atoms with Crippen LogP contribution in [0, 0.1) is 17.8 Å². The summed E-state index contributed by atoms with van der Waals surface area (Å²) >= 11 is 0. The largest absolute Gasteiger partial charge is 0.393 e. The molecule has 0 aromatic heterocycles. The minimum Gasteiger partial charge on any atom is -0.393 e. The quantitative estimate of drug-likeness (QED) is 0.210. The van der Waals surface area contributed by atoms with Gasteiger partial charge in [-0.1, -0.05) is 50.5 Å². The molecular weight excluding hydrogens is 403 g/mol. The van der Waals surface area contributed by atoms with Gasteiger partial charge in [-0.15, -0.1) is 9.24 Å². The number of aliphatic hydroxyl groups is 3. The molecule has 0 saturated heterocycles. The summed E-state index contributed by atoms with van der Waals surface area (Å²) in [5.74, 6) is 1.56. The van der Waals surface area contributed by atoms with Crippen molar-refractivity contribution < 1.29 is 15.3 Å². The van der Waals surface area contributed by atoms with Crippen LogP contribution in [-0.2, 0) is 0 Å². The maximum absolute atomic E-state index is 10.5. The fraction of sp³-hybridized carbons (Fsp3) is 0.852. The lowest BCUT2D eigenvalue weighted by molar-refractivity contribution is 0.0368. The first kappa shape index (κ1) is 28.8. The molecule has 8 unspecified atom stereocenters. The summed E-state index contributed by atoms with van der Waals surface area (Å²) in [6.45, 7) is 12.7. The van der Waals surface area contributed by atoms with E-state index < -0.39 is 5.60 Å². The van der Waals surface area contributed by atoms with E-state index in [1.54, 1.807) is 6.92 Å². The summed E-state index contributed by atoms with van der Waals surface area (Å²) in [6.07, 6.45) is 13.8. The van der Waals surface area contributed by atoms with Crippen molar-refractivity contribution in [2.75, 3.05) is 0 Å². The van der Waals surface area contributed by atoms with Gasteiger partial charge < -0.3 is 15.3 Å². The molecule has 0 bridgehead atoms. The number of hydrogen-bond acceptors (Lipinski definition) is 3. The second-order valence-corrected chi connectivity index (χ2v) is 11.6. The Kier molecular flexibility index (Phi) is 13.1. The Morgan fingerprint density at radius 1 is 1.13 bits per heavy atom. The van der Waals surface area contributed by atoms with Crippen molar-refractivity contribution in [2.45, 2.75) is 129 Å². The lowest BCUT2D eigenvalue weighted by Crippen LogP contribution is -2.34. The highest BCUT2D eigenvalue weighted by Gasteiger charge is 2.31. The first-order chi connectivity index (χ1) is 14.4. The van der Waals surface area contributed by atoms with Crippen molar-refractivity contribution in [2.24, 2.45) is 17.8 Å². The third kappa shape index (κ3) is 11.5. The molecule has 0 spiro atoms. The summed E-state index contributed by atoms with van der Waals surface area (Å²) in [6, 6.07) is 0. The predicted octanol–water partition coefficient (Wildman–Crippen LogP) is 6.42. The molecule has 0 aromatic rings. The summed E-state index contributed by atoms with van der Waals surface area (Å²) < 4.78 is 0. The van der Waals surface area contributed by atoms with Crippen molar-refractivity contribution in [3.05, 3.63) is 23.3 Å². The minimum atomic E-state index is -0.633. The molecule has 0 aliphatic heterocycles. The third-order valence-electron chi connectivity index (χ3n) is 7.45. The molecular formula is C27H51O3P. The van der Waals surface area contributed by atoms with E-state index in [2.05, 4.69) is 49.1 Å². The van der Waals surface area contributed by atoms with Crippen molar-refractivity contribution in [3.8, 4) is 0 Å². The van der Waals surface area contributed by atoms with E-state index in [4.69, 9.17) is 0 Å². The van der Waals surface area contributed by atoms with Crippen LogP contribution in [0.3, 0.4) is 0 Å². The van der Waals surface area contributed by atoms with Crippen molar-refractivity contribution in [1.82, 2.24) is 0 Å². The molecule has 182 valence electrons. The lowest BCUT2D eigenvalue weighted by Gasteiger charge is -2.36. The highest BCUT2D eigenvalue weighted by atomic mass is 31.0. The maximum atomic E-state index is 10.5. The van der Waals surface area contributed by atoms with Gasteiger partial charge in [-0.2, -0.15) is 0 Å². The fourth-order valence-electron chi connectivity index (χ4n) is 4.63. The van der Waals surface area contributed by atoms with E-state index in [-0.39, 0.29) is 12.2 Å². The number of allylic oxidation sites excluding steroid dienone is 3. The van der Waals surface area contributed by atoms with Gasteiger partial charge in [-0.05, 0) is 102 Å². The van der Waals surface area contributed by atoms with E-state index >= 15 is 0 Å². The van der Waals surface area contributed by atoms with E-state index in [9.17, 15) is 15.3 Å². The average Bonchev–Trinajstić information content (AvgIpc) is 2.67. The molecule has 3 nitrogen and oxygen atoms in total. The lowest BCUT2D eigenvalue weighted by atomic mass is 9.78. The molecule has 1 rings (SSSR count). The van der Waals surface area contributed by atoms with Crippen LogP contribution >= 0.6 is 9.24 Å². The van der Waals surface area contributed by atoms with Gasteiger partial charge in [-0.3, -0.25) is 0 Å². The van der Waals surface area contributed by atoms with E-state index in [0.717, 1.165) is 44.9 Å². The van der Waals surface area contributed by atoms with Crippen LogP contribution in [0.25, 0.3) is 0 Å². The van der Waals surface area contributed by atoms with Gasteiger partial charge in [0.1, 0.15) is 0 Å². The van der Waals surface area contributed by atoms with Crippen LogP contribution in [0.4, 0.5) is 0 Å². The smallest absolute Gasteiger partial charge is 0.0752 e. The van der Waals surface area contributed by atoms with Crippen LogP contribution in [-0.4, -0.2) is 38.8 Å². The molecule has 0 amide bonds. The van der Waals surface area contributed by atoms with Crippen molar-refractivity contribution in [3.63, 3.8) is 0 Å². The van der Waals surface area contributed by atoms with E-state index in [0.29, 0.717) is 23.4 Å². The topological polar surface area (TPSA) is 60.7 Å². The zero-order valence-electron chi connectivity index (χ0n) is 21.1. The normalized spacial score (nSPS) is 28.7. The molecule has 1 aliphatic carbocycles. The van der Waals surface area contributed by atoms with Gasteiger partial charge in [0.15, 0.2) is 0 Å². The van der Waals surface area contributed by atoms with E-state index in [1.165, 1.54) is 30.4 Å². The van der Waals surface area contributed by atoms with Gasteiger partial charge >= 0.3 is 0 Å². The summed E-state index contributed by atoms with van der Waals surface area (Å²) in [7, 11) is 3.00.